The number of halogens is 1. The summed E-state index contributed by atoms with van der Waals surface area (Å²) in [4.78, 5) is 13.0. The van der Waals surface area contributed by atoms with Crippen molar-refractivity contribution in [2.75, 3.05) is 32.8 Å². The summed E-state index contributed by atoms with van der Waals surface area (Å²) in [5.41, 5.74) is 0.660. The second kappa shape index (κ2) is 8.79. The maximum absolute atomic E-state index is 10.6. The Kier molecular flexibility index (Phi) is 6.74. The van der Waals surface area contributed by atoms with Gasteiger partial charge >= 0.3 is 5.97 Å². The molecule has 23 heavy (non-hydrogen) atoms. The van der Waals surface area contributed by atoms with Crippen molar-refractivity contribution in [3.05, 3.63) is 28.8 Å². The molecule has 1 aromatic rings. The fourth-order valence-electron chi connectivity index (χ4n) is 2.54. The minimum Gasteiger partial charge on any atom is -0.490 e. The van der Waals surface area contributed by atoms with Gasteiger partial charge in [-0.05, 0) is 56.6 Å². The monoisotopic (exact) mass is 339 g/mol. The molecule has 1 N–H and O–H groups in total. The minimum atomic E-state index is -1.01. The van der Waals surface area contributed by atoms with Gasteiger partial charge < -0.3 is 14.6 Å². The van der Waals surface area contributed by atoms with E-state index in [4.69, 9.17) is 26.2 Å². The topological polar surface area (TPSA) is 59.0 Å². The van der Waals surface area contributed by atoms with E-state index in [1.807, 2.05) is 6.92 Å². The van der Waals surface area contributed by atoms with Crippen molar-refractivity contribution < 1.29 is 19.4 Å². The third-order valence-electron chi connectivity index (χ3n) is 3.60. The molecule has 0 radical (unpaired) electrons. The van der Waals surface area contributed by atoms with Crippen LogP contribution in [0.3, 0.4) is 0 Å². The van der Waals surface area contributed by atoms with Crippen LogP contribution < -0.4 is 9.47 Å². The average Bonchev–Trinajstić information content (AvgIpc) is 3.01. The van der Waals surface area contributed by atoms with Crippen molar-refractivity contribution >= 4 is 23.6 Å². The molecule has 2 rings (SSSR count). The van der Waals surface area contributed by atoms with E-state index in [0.717, 1.165) is 25.7 Å². The molecule has 1 aliphatic heterocycles. The summed E-state index contributed by atoms with van der Waals surface area (Å²) in [7, 11) is 0. The van der Waals surface area contributed by atoms with Gasteiger partial charge in [0.2, 0.25) is 0 Å². The molecule has 0 atom stereocenters. The van der Waals surface area contributed by atoms with Crippen LogP contribution >= 0.6 is 11.6 Å². The smallest absolute Gasteiger partial charge is 0.328 e. The molecule has 126 valence electrons. The molecule has 1 aromatic carbocycles. The summed E-state index contributed by atoms with van der Waals surface area (Å²) in [5, 5.41) is 9.13. The number of carboxylic acid groups (broad SMARTS) is 1. The highest BCUT2D eigenvalue weighted by atomic mass is 35.5. The first kappa shape index (κ1) is 17.6. The average molecular weight is 340 g/mol. The summed E-state index contributed by atoms with van der Waals surface area (Å²) in [6, 6.07) is 3.41. The zero-order valence-corrected chi connectivity index (χ0v) is 14.0. The van der Waals surface area contributed by atoms with Crippen molar-refractivity contribution in [2.24, 2.45) is 0 Å². The first-order valence-corrected chi connectivity index (χ1v) is 8.20. The molecule has 5 nitrogen and oxygen atoms in total. The SMILES string of the molecule is CCOc1cc(C=CC(=O)O)cc(Cl)c1OCCN1CCCC1. The number of likely N-dealkylation sites (tertiary alicyclic amines) is 1. The lowest BCUT2D eigenvalue weighted by Gasteiger charge is -2.18. The number of carboxylic acids is 1. The van der Waals surface area contributed by atoms with E-state index in [0.29, 0.717) is 35.3 Å². The largest absolute Gasteiger partial charge is 0.490 e. The van der Waals surface area contributed by atoms with Gasteiger partial charge in [-0.25, -0.2) is 4.79 Å². The van der Waals surface area contributed by atoms with Crippen molar-refractivity contribution in [2.45, 2.75) is 19.8 Å². The first-order chi connectivity index (χ1) is 11.1. The van der Waals surface area contributed by atoms with E-state index in [1.165, 1.54) is 18.9 Å². The van der Waals surface area contributed by atoms with Gasteiger partial charge in [-0.15, -0.1) is 0 Å². The number of nitrogens with zero attached hydrogens (tertiary/aromatic N) is 1. The maximum atomic E-state index is 10.6. The van der Waals surface area contributed by atoms with Crippen LogP contribution in [-0.4, -0.2) is 48.8 Å². The number of benzene rings is 1. The van der Waals surface area contributed by atoms with Crippen molar-refractivity contribution in [1.29, 1.82) is 0 Å². The van der Waals surface area contributed by atoms with Gasteiger partial charge in [-0.3, -0.25) is 4.90 Å². The fourth-order valence-corrected chi connectivity index (χ4v) is 2.81. The second-order valence-electron chi connectivity index (χ2n) is 5.33. The number of carbonyl (C=O) groups is 1. The van der Waals surface area contributed by atoms with Crippen LogP contribution in [-0.2, 0) is 4.79 Å². The molecular weight excluding hydrogens is 318 g/mol. The quantitative estimate of drug-likeness (QED) is 0.736. The summed E-state index contributed by atoms with van der Waals surface area (Å²) in [6.45, 7) is 6.00. The third kappa shape index (κ3) is 5.44. The Hall–Kier alpha value is -1.72. The van der Waals surface area contributed by atoms with E-state index < -0.39 is 5.97 Å². The molecule has 0 bridgehead atoms. The van der Waals surface area contributed by atoms with E-state index >= 15 is 0 Å². The number of hydrogen-bond donors (Lipinski definition) is 1. The van der Waals surface area contributed by atoms with Crippen molar-refractivity contribution in [3.63, 3.8) is 0 Å². The lowest BCUT2D eigenvalue weighted by molar-refractivity contribution is -0.131. The van der Waals surface area contributed by atoms with Gasteiger partial charge in [0, 0.05) is 12.6 Å². The Morgan fingerprint density at radius 3 is 2.74 bits per heavy atom. The number of hydrogen-bond acceptors (Lipinski definition) is 4. The molecule has 6 heteroatoms. The molecule has 0 aliphatic carbocycles. The molecule has 1 saturated heterocycles. The van der Waals surface area contributed by atoms with Gasteiger partial charge in [0.25, 0.3) is 0 Å². The van der Waals surface area contributed by atoms with Gasteiger partial charge in [-0.2, -0.15) is 0 Å². The Balaban J connectivity index is 2.08. The van der Waals surface area contributed by atoms with Crippen LogP contribution in [0.1, 0.15) is 25.3 Å². The highest BCUT2D eigenvalue weighted by molar-refractivity contribution is 6.32. The molecular formula is C17H22ClNO4. The molecule has 0 unspecified atom stereocenters. The maximum Gasteiger partial charge on any atom is 0.328 e. The normalized spacial score (nSPS) is 15.2. The standard InChI is InChI=1S/C17H22ClNO4/c1-2-22-15-12-13(5-6-16(20)21)11-14(18)17(15)23-10-9-19-7-3-4-8-19/h5-6,11-12H,2-4,7-10H2,1H3,(H,20,21). The molecule has 0 saturated carbocycles. The molecule has 1 fully saturated rings. The molecule has 0 amide bonds. The van der Waals surface area contributed by atoms with E-state index in [1.54, 1.807) is 12.1 Å². The predicted molar refractivity (Wildman–Crippen MR) is 90.5 cm³/mol. The Morgan fingerprint density at radius 2 is 2.09 bits per heavy atom. The third-order valence-corrected chi connectivity index (χ3v) is 3.88. The first-order valence-electron chi connectivity index (χ1n) is 7.82. The fraction of sp³-hybridized carbons (Fsp3) is 0.471. The highest BCUT2D eigenvalue weighted by Gasteiger charge is 2.14. The summed E-state index contributed by atoms with van der Waals surface area (Å²) in [5.74, 6) is 0.0386. The Labute approximate surface area is 141 Å². The van der Waals surface area contributed by atoms with Crippen LogP contribution in [0.15, 0.2) is 18.2 Å². The van der Waals surface area contributed by atoms with Crippen molar-refractivity contribution in [1.82, 2.24) is 4.90 Å². The van der Waals surface area contributed by atoms with Crippen LogP contribution in [0.5, 0.6) is 11.5 Å². The number of rotatable bonds is 8. The highest BCUT2D eigenvalue weighted by Crippen LogP contribution is 2.37. The van der Waals surface area contributed by atoms with Gasteiger partial charge in [0.15, 0.2) is 11.5 Å². The molecule has 0 spiro atoms. The number of ether oxygens (including phenoxy) is 2. The van der Waals surface area contributed by atoms with Crippen LogP contribution in [0.4, 0.5) is 0 Å². The van der Waals surface area contributed by atoms with E-state index in [9.17, 15) is 4.79 Å². The Bertz CT molecular complexity index is 568. The lowest BCUT2D eigenvalue weighted by Crippen LogP contribution is -2.25. The molecule has 0 aromatic heterocycles. The van der Waals surface area contributed by atoms with Gasteiger partial charge in [0.1, 0.15) is 6.61 Å². The summed E-state index contributed by atoms with van der Waals surface area (Å²) in [6.07, 6.45) is 5.03. The zero-order valence-electron chi connectivity index (χ0n) is 13.3. The summed E-state index contributed by atoms with van der Waals surface area (Å²) >= 11 is 6.28. The molecule has 1 heterocycles. The van der Waals surface area contributed by atoms with Crippen LogP contribution in [0.25, 0.3) is 6.08 Å². The molecule has 1 aliphatic rings. The van der Waals surface area contributed by atoms with Gasteiger partial charge in [0.05, 0.1) is 11.6 Å². The van der Waals surface area contributed by atoms with E-state index in [2.05, 4.69) is 4.90 Å². The predicted octanol–water partition coefficient (Wildman–Crippen LogP) is 3.31. The van der Waals surface area contributed by atoms with Crippen molar-refractivity contribution in [3.8, 4) is 11.5 Å². The zero-order chi connectivity index (χ0) is 16.7. The lowest BCUT2D eigenvalue weighted by atomic mass is 10.2. The second-order valence-corrected chi connectivity index (χ2v) is 5.74. The minimum absolute atomic E-state index is 0.419. The van der Waals surface area contributed by atoms with Crippen LogP contribution in [0, 0.1) is 0 Å². The van der Waals surface area contributed by atoms with E-state index in [-0.39, 0.29) is 0 Å². The number of aliphatic carboxylic acids is 1. The summed E-state index contributed by atoms with van der Waals surface area (Å²) < 4.78 is 11.4. The van der Waals surface area contributed by atoms with Crippen LogP contribution in [0.2, 0.25) is 5.02 Å². The van der Waals surface area contributed by atoms with Gasteiger partial charge in [-0.1, -0.05) is 11.6 Å². The Morgan fingerprint density at radius 1 is 1.35 bits per heavy atom.